The van der Waals surface area contributed by atoms with Crippen LogP contribution >= 0.6 is 0 Å². The van der Waals surface area contributed by atoms with E-state index >= 15 is 0 Å². The number of carbonyl (C=O) groups excluding carboxylic acids is 1. The first-order chi connectivity index (χ1) is 13.9. The monoisotopic (exact) mass is 412 g/mol. The smallest absolute Gasteiger partial charge is 0.419 e. The first-order valence-electron chi connectivity index (χ1n) is 9.06. The molecule has 2 aromatic rings. The Morgan fingerprint density at radius 3 is 2.62 bits per heavy atom. The Bertz CT molecular complexity index is 844. The van der Waals surface area contributed by atoms with Crippen molar-refractivity contribution in [3.8, 4) is 5.75 Å². The van der Waals surface area contributed by atoms with E-state index in [1.165, 1.54) is 6.07 Å². The second kappa shape index (κ2) is 9.13. The molecule has 0 spiro atoms. The Morgan fingerprint density at radius 1 is 1.14 bits per heavy atom. The molecule has 0 aliphatic carbocycles. The maximum absolute atomic E-state index is 14.2. The fourth-order valence-corrected chi connectivity index (χ4v) is 3.04. The molecule has 2 aromatic carbocycles. The molecule has 1 aliphatic heterocycles. The van der Waals surface area contributed by atoms with E-state index in [4.69, 9.17) is 9.47 Å². The van der Waals surface area contributed by atoms with Crippen LogP contribution in [-0.4, -0.2) is 25.8 Å². The van der Waals surface area contributed by atoms with Gasteiger partial charge in [-0.2, -0.15) is 13.2 Å². The normalized spacial score (nSPS) is 15.9. The van der Waals surface area contributed by atoms with Crippen LogP contribution in [0.25, 0.3) is 0 Å². The quantitative estimate of drug-likeness (QED) is 0.552. The Morgan fingerprint density at radius 2 is 1.90 bits per heavy atom. The summed E-state index contributed by atoms with van der Waals surface area (Å²) >= 11 is 0. The molecular formula is C20H20F4N2O3. The minimum absolute atomic E-state index is 0.0927. The van der Waals surface area contributed by atoms with Crippen LogP contribution in [0.4, 0.5) is 22.4 Å². The lowest BCUT2D eigenvalue weighted by Crippen LogP contribution is -2.35. The number of fused-ring (bicyclic) bond motifs is 1. The van der Waals surface area contributed by atoms with Crippen molar-refractivity contribution in [2.75, 3.05) is 19.7 Å². The maximum Gasteiger partial charge on any atom is 0.419 e. The van der Waals surface area contributed by atoms with E-state index in [0.29, 0.717) is 18.5 Å². The topological polar surface area (TPSA) is 59.6 Å². The number of nitrogens with one attached hydrogen (secondary N) is 2. The highest BCUT2D eigenvalue weighted by Gasteiger charge is 2.37. The van der Waals surface area contributed by atoms with Crippen molar-refractivity contribution in [3.63, 3.8) is 0 Å². The molecule has 0 bridgehead atoms. The van der Waals surface area contributed by atoms with Gasteiger partial charge in [-0.25, -0.2) is 9.18 Å². The predicted octanol–water partition coefficient (Wildman–Crippen LogP) is 4.18. The molecule has 1 aliphatic rings. The highest BCUT2D eigenvalue weighted by molar-refractivity contribution is 5.67. The Hall–Kier alpha value is -2.81. The average molecular weight is 412 g/mol. The van der Waals surface area contributed by atoms with Gasteiger partial charge in [-0.3, -0.25) is 0 Å². The third-order valence-corrected chi connectivity index (χ3v) is 4.46. The Labute approximate surface area is 165 Å². The second-order valence-corrected chi connectivity index (χ2v) is 6.48. The first-order valence-corrected chi connectivity index (χ1v) is 9.06. The van der Waals surface area contributed by atoms with E-state index in [9.17, 15) is 22.4 Å². The van der Waals surface area contributed by atoms with Crippen molar-refractivity contribution in [3.05, 3.63) is 65.0 Å². The molecule has 2 N–H and O–H groups in total. The zero-order valence-electron chi connectivity index (χ0n) is 15.4. The molecule has 1 unspecified atom stereocenters. The lowest BCUT2D eigenvalue weighted by atomic mass is 9.98. The summed E-state index contributed by atoms with van der Waals surface area (Å²) < 4.78 is 63.0. The van der Waals surface area contributed by atoms with Gasteiger partial charge in [0.05, 0.1) is 12.2 Å². The molecule has 3 rings (SSSR count). The van der Waals surface area contributed by atoms with Gasteiger partial charge in [0.25, 0.3) is 0 Å². The van der Waals surface area contributed by atoms with Gasteiger partial charge in [-0.15, -0.1) is 0 Å². The molecule has 0 aromatic heterocycles. The molecule has 1 atom stereocenters. The van der Waals surface area contributed by atoms with Crippen molar-refractivity contribution >= 4 is 6.09 Å². The van der Waals surface area contributed by atoms with Gasteiger partial charge in [0.1, 0.15) is 6.61 Å². The number of hydrogen-bond acceptors (Lipinski definition) is 4. The summed E-state index contributed by atoms with van der Waals surface area (Å²) in [6.45, 7) is 0.806. The van der Waals surface area contributed by atoms with Crippen LogP contribution in [0.15, 0.2) is 42.5 Å². The maximum atomic E-state index is 14.2. The van der Waals surface area contributed by atoms with E-state index in [-0.39, 0.29) is 31.5 Å². The summed E-state index contributed by atoms with van der Waals surface area (Å²) in [6.07, 6.45) is -4.90. The number of halogens is 4. The molecule has 0 saturated heterocycles. The number of alkyl carbamates (subject to hydrolysis) is 1. The lowest BCUT2D eigenvalue weighted by molar-refractivity contribution is -0.140. The lowest BCUT2D eigenvalue weighted by Gasteiger charge is -2.28. The van der Waals surface area contributed by atoms with Gasteiger partial charge < -0.3 is 20.1 Å². The highest BCUT2D eigenvalue weighted by atomic mass is 19.4. The molecule has 9 heteroatoms. The van der Waals surface area contributed by atoms with Gasteiger partial charge in [-0.05, 0) is 11.6 Å². The minimum atomic E-state index is -4.78. The van der Waals surface area contributed by atoms with Crippen LogP contribution in [0, 0.1) is 5.82 Å². The number of carbonyl (C=O) groups is 1. The van der Waals surface area contributed by atoms with Gasteiger partial charge in [0.15, 0.2) is 11.6 Å². The summed E-state index contributed by atoms with van der Waals surface area (Å²) in [5.41, 5.74) is -0.159. The number of hydrogen-bond donors (Lipinski definition) is 2. The third-order valence-electron chi connectivity index (χ3n) is 4.46. The molecule has 1 amide bonds. The van der Waals surface area contributed by atoms with Crippen molar-refractivity contribution in [2.24, 2.45) is 0 Å². The third kappa shape index (κ3) is 5.38. The predicted molar refractivity (Wildman–Crippen MR) is 96.9 cm³/mol. The van der Waals surface area contributed by atoms with Crippen LogP contribution in [0.2, 0.25) is 0 Å². The van der Waals surface area contributed by atoms with E-state index in [2.05, 4.69) is 10.6 Å². The summed E-state index contributed by atoms with van der Waals surface area (Å²) in [7, 11) is 0. The number of ether oxygens (including phenoxy) is 2. The van der Waals surface area contributed by atoms with E-state index < -0.39 is 23.7 Å². The summed E-state index contributed by atoms with van der Waals surface area (Å²) in [4.78, 5) is 11.7. The van der Waals surface area contributed by atoms with Gasteiger partial charge in [0.2, 0.25) is 0 Å². The standard InChI is InChI=1S/C20H20F4N2O3/c21-17-15(20(22,23)24)7-6-14-16(8-11-28-18(14)17)25-9-10-26-19(27)29-12-13-4-2-1-3-5-13/h1-7,16,25H,8-12H2,(H,26,27). The van der Waals surface area contributed by atoms with Gasteiger partial charge in [0, 0.05) is 31.1 Å². The molecule has 5 nitrogen and oxygen atoms in total. The number of rotatable bonds is 6. The molecule has 29 heavy (non-hydrogen) atoms. The summed E-state index contributed by atoms with van der Waals surface area (Å²) in [5, 5.41) is 5.67. The fraction of sp³-hybridized carbons (Fsp3) is 0.350. The van der Waals surface area contributed by atoms with Crippen molar-refractivity contribution in [1.82, 2.24) is 10.6 Å². The van der Waals surface area contributed by atoms with Gasteiger partial charge >= 0.3 is 12.3 Å². The van der Waals surface area contributed by atoms with Gasteiger partial charge in [-0.1, -0.05) is 36.4 Å². The second-order valence-electron chi connectivity index (χ2n) is 6.48. The van der Waals surface area contributed by atoms with Crippen LogP contribution < -0.4 is 15.4 Å². The average Bonchev–Trinajstić information content (AvgIpc) is 2.70. The molecule has 0 saturated carbocycles. The largest absolute Gasteiger partial charge is 0.490 e. The highest BCUT2D eigenvalue weighted by Crippen LogP contribution is 2.40. The molecule has 156 valence electrons. The Kier molecular flexibility index (Phi) is 6.58. The van der Waals surface area contributed by atoms with Crippen LogP contribution in [0.3, 0.4) is 0 Å². The SMILES string of the molecule is O=C(NCCNC1CCOc2c1ccc(C(F)(F)F)c2F)OCc1ccccc1. The number of alkyl halides is 3. The van der Waals surface area contributed by atoms with Crippen molar-refractivity contribution in [1.29, 1.82) is 0 Å². The number of amides is 1. The van der Waals surface area contributed by atoms with E-state index in [1.807, 2.05) is 30.3 Å². The zero-order chi connectivity index (χ0) is 20.9. The number of benzene rings is 2. The van der Waals surface area contributed by atoms with Crippen LogP contribution in [-0.2, 0) is 17.5 Å². The van der Waals surface area contributed by atoms with E-state index in [1.54, 1.807) is 0 Å². The fourth-order valence-electron chi connectivity index (χ4n) is 3.04. The summed E-state index contributed by atoms with van der Waals surface area (Å²) in [6, 6.07) is 10.8. The summed E-state index contributed by atoms with van der Waals surface area (Å²) in [5.74, 6) is -1.78. The zero-order valence-corrected chi connectivity index (χ0v) is 15.4. The van der Waals surface area contributed by atoms with E-state index in [0.717, 1.165) is 11.6 Å². The molecular weight excluding hydrogens is 392 g/mol. The molecule has 0 fully saturated rings. The minimum Gasteiger partial charge on any atom is -0.490 e. The first kappa shape index (κ1) is 20.9. The van der Waals surface area contributed by atoms with Crippen molar-refractivity contribution in [2.45, 2.75) is 25.2 Å². The molecule has 1 heterocycles. The molecule has 0 radical (unpaired) electrons. The van der Waals surface area contributed by atoms with Crippen molar-refractivity contribution < 1.29 is 31.8 Å². The van der Waals surface area contributed by atoms with Crippen LogP contribution in [0.1, 0.15) is 29.2 Å². The Balaban J connectivity index is 1.49. The van der Waals surface area contributed by atoms with Crippen LogP contribution in [0.5, 0.6) is 5.75 Å².